The van der Waals surface area contributed by atoms with Crippen molar-refractivity contribution in [3.63, 3.8) is 0 Å². The van der Waals surface area contributed by atoms with Crippen LogP contribution in [0.3, 0.4) is 0 Å². The van der Waals surface area contributed by atoms with E-state index in [1.165, 1.54) is 0 Å². The monoisotopic (exact) mass is 378 g/mol. The molecule has 0 radical (unpaired) electrons. The lowest BCUT2D eigenvalue weighted by Crippen LogP contribution is -2.24. The van der Waals surface area contributed by atoms with Crippen LogP contribution in [0.15, 0.2) is 34.1 Å². The zero-order valence-corrected chi connectivity index (χ0v) is 15.5. The van der Waals surface area contributed by atoms with Gasteiger partial charge < -0.3 is 18.9 Å². The Bertz CT molecular complexity index is 922. The molecule has 0 aliphatic carbocycles. The first-order valence-electron chi connectivity index (χ1n) is 7.69. The summed E-state index contributed by atoms with van der Waals surface area (Å²) in [6, 6.07) is 3.47. The number of hydrogen-bond donors (Lipinski definition) is 2. The minimum absolute atomic E-state index is 0.271. The number of rotatable bonds is 7. The van der Waals surface area contributed by atoms with Gasteiger partial charge in [0.15, 0.2) is 21.5 Å². The SMILES string of the molecule is CCn1c(CNC(=O)c2ccc(CSc3nccn3C)o2)n[nH]c1=S. The molecule has 0 aliphatic heterocycles. The number of H-pyrrole nitrogens is 1. The van der Waals surface area contributed by atoms with Crippen LogP contribution in [-0.4, -0.2) is 30.2 Å². The fourth-order valence-corrected chi connectivity index (χ4v) is 3.37. The van der Waals surface area contributed by atoms with Crippen LogP contribution in [0.4, 0.5) is 0 Å². The average Bonchev–Trinajstić information content (AvgIpc) is 3.31. The van der Waals surface area contributed by atoms with Gasteiger partial charge in [0, 0.05) is 26.0 Å². The highest BCUT2D eigenvalue weighted by atomic mass is 32.2. The molecule has 0 saturated carbocycles. The summed E-state index contributed by atoms with van der Waals surface area (Å²) in [5.41, 5.74) is 0. The smallest absolute Gasteiger partial charge is 0.287 e. The number of nitrogens with zero attached hydrogens (tertiary/aromatic N) is 4. The lowest BCUT2D eigenvalue weighted by molar-refractivity contribution is 0.0920. The Morgan fingerprint density at radius 1 is 1.48 bits per heavy atom. The highest BCUT2D eigenvalue weighted by molar-refractivity contribution is 7.98. The van der Waals surface area contributed by atoms with Crippen molar-refractivity contribution in [2.75, 3.05) is 0 Å². The molecule has 0 aliphatic rings. The van der Waals surface area contributed by atoms with E-state index in [0.29, 0.717) is 22.9 Å². The quantitative estimate of drug-likeness (QED) is 0.485. The lowest BCUT2D eigenvalue weighted by Gasteiger charge is -2.04. The maximum Gasteiger partial charge on any atom is 0.287 e. The number of thioether (sulfide) groups is 1. The first-order valence-corrected chi connectivity index (χ1v) is 9.09. The van der Waals surface area contributed by atoms with Crippen LogP contribution in [0.5, 0.6) is 0 Å². The molecule has 0 spiro atoms. The van der Waals surface area contributed by atoms with E-state index in [0.717, 1.165) is 10.9 Å². The fraction of sp³-hybridized carbons (Fsp3) is 0.333. The molecule has 3 heterocycles. The molecule has 0 unspecified atom stereocenters. The zero-order valence-electron chi connectivity index (χ0n) is 13.9. The van der Waals surface area contributed by atoms with Gasteiger partial charge >= 0.3 is 0 Å². The van der Waals surface area contributed by atoms with E-state index in [-0.39, 0.29) is 18.2 Å². The van der Waals surface area contributed by atoms with Gasteiger partial charge in [0.1, 0.15) is 5.76 Å². The summed E-state index contributed by atoms with van der Waals surface area (Å²) >= 11 is 6.67. The van der Waals surface area contributed by atoms with Crippen molar-refractivity contribution in [3.05, 3.63) is 46.6 Å². The van der Waals surface area contributed by atoms with Gasteiger partial charge in [-0.25, -0.2) is 4.98 Å². The van der Waals surface area contributed by atoms with Gasteiger partial charge in [0.25, 0.3) is 5.91 Å². The summed E-state index contributed by atoms with van der Waals surface area (Å²) in [5, 5.41) is 10.5. The third kappa shape index (κ3) is 4.02. The Balaban J connectivity index is 1.57. The van der Waals surface area contributed by atoms with Crippen molar-refractivity contribution in [1.82, 2.24) is 29.6 Å². The van der Waals surface area contributed by atoms with Gasteiger partial charge in [-0.2, -0.15) is 5.10 Å². The average molecular weight is 378 g/mol. The second kappa shape index (κ2) is 7.70. The molecule has 3 rings (SSSR count). The number of carbonyl (C=O) groups excluding carboxylic acids is 1. The Kier molecular flexibility index (Phi) is 5.39. The summed E-state index contributed by atoms with van der Waals surface area (Å²) < 4.78 is 9.91. The van der Waals surface area contributed by atoms with Crippen molar-refractivity contribution < 1.29 is 9.21 Å². The van der Waals surface area contributed by atoms with Crippen LogP contribution in [-0.2, 0) is 25.9 Å². The summed E-state index contributed by atoms with van der Waals surface area (Å²) in [6.07, 6.45) is 3.63. The van der Waals surface area contributed by atoms with Crippen molar-refractivity contribution in [1.29, 1.82) is 0 Å². The molecular formula is C15H18N6O2S2. The van der Waals surface area contributed by atoms with Crippen LogP contribution in [0, 0.1) is 4.77 Å². The van der Waals surface area contributed by atoms with Crippen molar-refractivity contribution in [2.45, 2.75) is 30.9 Å². The molecule has 2 N–H and O–H groups in total. The van der Waals surface area contributed by atoms with E-state index in [9.17, 15) is 4.79 Å². The number of aryl methyl sites for hydroxylation is 1. The van der Waals surface area contributed by atoms with Crippen LogP contribution in [0.25, 0.3) is 0 Å². The number of aromatic amines is 1. The third-order valence-electron chi connectivity index (χ3n) is 3.57. The van der Waals surface area contributed by atoms with Gasteiger partial charge in [-0.3, -0.25) is 9.89 Å². The number of amides is 1. The van der Waals surface area contributed by atoms with E-state index in [4.69, 9.17) is 16.6 Å². The Labute approximate surface area is 153 Å². The van der Waals surface area contributed by atoms with Crippen LogP contribution >= 0.6 is 24.0 Å². The molecule has 25 heavy (non-hydrogen) atoms. The fourth-order valence-electron chi connectivity index (χ4n) is 2.26. The molecule has 3 aromatic rings. The molecule has 0 saturated heterocycles. The molecule has 8 nitrogen and oxygen atoms in total. The first-order chi connectivity index (χ1) is 12.1. The highest BCUT2D eigenvalue weighted by Crippen LogP contribution is 2.21. The van der Waals surface area contributed by atoms with E-state index >= 15 is 0 Å². The molecule has 132 valence electrons. The number of imidazole rings is 1. The second-order valence-electron chi connectivity index (χ2n) is 5.25. The van der Waals surface area contributed by atoms with Gasteiger partial charge in [-0.15, -0.1) is 0 Å². The predicted molar refractivity (Wildman–Crippen MR) is 95.7 cm³/mol. The first kappa shape index (κ1) is 17.5. The number of furan rings is 1. The van der Waals surface area contributed by atoms with Gasteiger partial charge in [-0.05, 0) is 31.3 Å². The summed E-state index contributed by atoms with van der Waals surface area (Å²) in [7, 11) is 1.93. The molecule has 0 aromatic carbocycles. The summed E-state index contributed by atoms with van der Waals surface area (Å²) in [4.78, 5) is 16.5. The van der Waals surface area contributed by atoms with Gasteiger partial charge in [0.2, 0.25) is 0 Å². The Morgan fingerprint density at radius 2 is 2.32 bits per heavy atom. The second-order valence-corrected chi connectivity index (χ2v) is 6.58. The molecule has 10 heteroatoms. The molecule has 3 aromatic heterocycles. The minimum Gasteiger partial charge on any atom is -0.455 e. The largest absolute Gasteiger partial charge is 0.455 e. The van der Waals surface area contributed by atoms with Gasteiger partial charge in [0.05, 0.1) is 12.3 Å². The maximum atomic E-state index is 12.2. The van der Waals surface area contributed by atoms with Crippen LogP contribution in [0.2, 0.25) is 0 Å². The maximum absolute atomic E-state index is 12.2. The number of carbonyl (C=O) groups is 1. The highest BCUT2D eigenvalue weighted by Gasteiger charge is 2.13. The van der Waals surface area contributed by atoms with Crippen molar-refractivity contribution >= 4 is 29.9 Å². The zero-order chi connectivity index (χ0) is 17.8. The lowest BCUT2D eigenvalue weighted by atomic mass is 10.4. The molecule has 0 bridgehead atoms. The topological polar surface area (TPSA) is 93.7 Å². The molecule has 1 amide bonds. The normalized spacial score (nSPS) is 11.0. The summed E-state index contributed by atoms with van der Waals surface area (Å²) in [5.74, 6) is 1.98. The van der Waals surface area contributed by atoms with E-state index in [2.05, 4.69) is 20.5 Å². The standard InChI is InChI=1S/C15H18N6O2S2/c1-3-21-12(18-19-14(21)24)8-17-13(22)11-5-4-10(23-11)9-25-15-16-6-7-20(15)2/h4-7H,3,8-9H2,1-2H3,(H,17,22)(H,19,24). The molecule has 0 atom stereocenters. The van der Waals surface area contributed by atoms with E-state index in [1.807, 2.05) is 29.3 Å². The van der Waals surface area contributed by atoms with Crippen LogP contribution in [0.1, 0.15) is 29.1 Å². The Morgan fingerprint density at radius 3 is 3.04 bits per heavy atom. The van der Waals surface area contributed by atoms with Crippen LogP contribution < -0.4 is 5.32 Å². The predicted octanol–water partition coefficient (Wildman–Crippen LogP) is 2.51. The third-order valence-corrected chi connectivity index (χ3v) is 4.96. The molecular weight excluding hydrogens is 360 g/mol. The number of aromatic nitrogens is 5. The summed E-state index contributed by atoms with van der Waals surface area (Å²) in [6.45, 7) is 2.93. The van der Waals surface area contributed by atoms with Crippen molar-refractivity contribution in [2.24, 2.45) is 7.05 Å². The molecule has 0 fully saturated rings. The van der Waals surface area contributed by atoms with Crippen molar-refractivity contribution in [3.8, 4) is 0 Å². The van der Waals surface area contributed by atoms with E-state index < -0.39 is 0 Å². The van der Waals surface area contributed by atoms with Gasteiger partial charge in [-0.1, -0.05) is 11.8 Å². The minimum atomic E-state index is -0.287. The number of nitrogens with one attached hydrogen (secondary N) is 2. The van der Waals surface area contributed by atoms with E-state index in [1.54, 1.807) is 30.1 Å². The Hall–Kier alpha value is -2.33. The number of hydrogen-bond acceptors (Lipinski definition) is 6.